The number of amides is 1. The minimum absolute atomic E-state index is 0.137. The van der Waals surface area contributed by atoms with Gasteiger partial charge in [-0.1, -0.05) is 23.7 Å². The number of nitrogens with zero attached hydrogens (tertiary/aromatic N) is 3. The number of rotatable bonds is 7. The molecule has 146 valence electrons. The van der Waals surface area contributed by atoms with Gasteiger partial charge in [-0.05, 0) is 55.7 Å². The van der Waals surface area contributed by atoms with Crippen LogP contribution in [0.15, 0.2) is 52.9 Å². The van der Waals surface area contributed by atoms with Crippen LogP contribution >= 0.6 is 23.8 Å². The first-order chi connectivity index (χ1) is 13.5. The van der Waals surface area contributed by atoms with E-state index in [1.807, 2.05) is 24.3 Å². The summed E-state index contributed by atoms with van der Waals surface area (Å²) in [5, 5.41) is 7.66. The van der Waals surface area contributed by atoms with Crippen molar-refractivity contribution in [3.05, 3.63) is 58.4 Å². The average molecular weight is 419 g/mol. The summed E-state index contributed by atoms with van der Waals surface area (Å²) in [6.07, 6.45) is 0. The highest BCUT2D eigenvalue weighted by Gasteiger charge is 2.13. The maximum Gasteiger partial charge on any atom is 0.288 e. The SMILES string of the molecule is COc1ccc(-c2nn(CN(C)CC(=O)Nc3ccccc3Cl)c(=S)o2)cc1. The molecular weight excluding hydrogens is 400 g/mol. The van der Waals surface area contributed by atoms with Gasteiger partial charge in [0.1, 0.15) is 5.75 Å². The van der Waals surface area contributed by atoms with Gasteiger partial charge in [-0.25, -0.2) is 4.68 Å². The summed E-state index contributed by atoms with van der Waals surface area (Å²) in [6, 6.07) is 14.4. The molecule has 0 aliphatic carbocycles. The molecule has 0 spiro atoms. The lowest BCUT2D eigenvalue weighted by Gasteiger charge is -2.16. The smallest absolute Gasteiger partial charge is 0.288 e. The number of carbonyl (C=O) groups excluding carboxylic acids is 1. The molecule has 0 saturated heterocycles. The Morgan fingerprint density at radius 1 is 1.29 bits per heavy atom. The van der Waals surface area contributed by atoms with Crippen LogP contribution in [0.2, 0.25) is 5.02 Å². The Balaban J connectivity index is 1.63. The molecule has 2 aromatic carbocycles. The number of aromatic nitrogens is 2. The summed E-state index contributed by atoms with van der Waals surface area (Å²) in [4.78, 5) is 14.2. The van der Waals surface area contributed by atoms with E-state index in [4.69, 9.17) is 33.0 Å². The number of halogens is 1. The van der Waals surface area contributed by atoms with E-state index < -0.39 is 0 Å². The maximum atomic E-state index is 12.2. The molecule has 0 saturated carbocycles. The highest BCUT2D eigenvalue weighted by molar-refractivity contribution is 7.71. The van der Waals surface area contributed by atoms with Crippen molar-refractivity contribution in [1.29, 1.82) is 0 Å². The molecule has 28 heavy (non-hydrogen) atoms. The molecular formula is C19H19ClN4O3S. The maximum absolute atomic E-state index is 12.2. The fraction of sp³-hybridized carbons (Fsp3) is 0.211. The third-order valence-corrected chi connectivity index (χ3v) is 4.50. The van der Waals surface area contributed by atoms with E-state index in [2.05, 4.69) is 10.4 Å². The second kappa shape index (κ2) is 9.01. The van der Waals surface area contributed by atoms with Crippen LogP contribution in [0.3, 0.4) is 0 Å². The van der Waals surface area contributed by atoms with Gasteiger partial charge in [0.2, 0.25) is 11.8 Å². The molecule has 9 heteroatoms. The Morgan fingerprint density at radius 2 is 2.00 bits per heavy atom. The molecule has 1 N–H and O–H groups in total. The van der Waals surface area contributed by atoms with Crippen LogP contribution in [0.1, 0.15) is 0 Å². The zero-order chi connectivity index (χ0) is 20.1. The molecule has 0 atom stereocenters. The molecule has 3 rings (SSSR count). The van der Waals surface area contributed by atoms with Gasteiger partial charge in [-0.2, -0.15) is 0 Å². The molecule has 3 aromatic rings. The standard InChI is InChI=1S/C19H19ClN4O3S/c1-23(11-17(25)21-16-6-4-3-5-15(16)20)12-24-19(28)27-18(22-24)13-7-9-14(26-2)10-8-13/h3-10H,11-12H2,1-2H3,(H,21,25). The first-order valence-electron chi connectivity index (χ1n) is 8.41. The molecule has 0 radical (unpaired) electrons. The van der Waals surface area contributed by atoms with E-state index in [1.165, 1.54) is 4.68 Å². The Morgan fingerprint density at radius 3 is 2.68 bits per heavy atom. The van der Waals surface area contributed by atoms with Gasteiger partial charge >= 0.3 is 0 Å². The molecule has 1 amide bonds. The van der Waals surface area contributed by atoms with Gasteiger partial charge in [0.05, 0.1) is 31.0 Å². The number of hydrogen-bond donors (Lipinski definition) is 1. The fourth-order valence-corrected chi connectivity index (χ4v) is 2.88. The minimum Gasteiger partial charge on any atom is -0.497 e. The van der Waals surface area contributed by atoms with Crippen molar-refractivity contribution in [2.24, 2.45) is 0 Å². The number of para-hydroxylation sites is 1. The summed E-state index contributed by atoms with van der Waals surface area (Å²) in [5.41, 5.74) is 1.35. The van der Waals surface area contributed by atoms with Crippen molar-refractivity contribution in [3.63, 3.8) is 0 Å². The van der Waals surface area contributed by atoms with Gasteiger partial charge in [-0.15, -0.1) is 5.10 Å². The van der Waals surface area contributed by atoms with Crippen molar-refractivity contribution in [3.8, 4) is 17.2 Å². The first-order valence-corrected chi connectivity index (χ1v) is 9.20. The van der Waals surface area contributed by atoms with Gasteiger partial charge in [0.25, 0.3) is 4.84 Å². The van der Waals surface area contributed by atoms with Crippen LogP contribution in [0.5, 0.6) is 5.75 Å². The quantitative estimate of drug-likeness (QED) is 0.583. The van der Waals surface area contributed by atoms with E-state index in [0.717, 1.165) is 11.3 Å². The van der Waals surface area contributed by atoms with Crippen LogP contribution in [0.4, 0.5) is 5.69 Å². The molecule has 0 aliphatic heterocycles. The third kappa shape index (κ3) is 4.98. The lowest BCUT2D eigenvalue weighted by molar-refractivity contribution is -0.117. The number of ether oxygens (including phenoxy) is 1. The Labute approximate surface area is 172 Å². The summed E-state index contributed by atoms with van der Waals surface area (Å²) in [7, 11) is 3.39. The predicted octanol–water partition coefficient (Wildman–Crippen LogP) is 4.06. The van der Waals surface area contributed by atoms with E-state index in [1.54, 1.807) is 43.3 Å². The molecule has 0 aliphatic rings. The lowest BCUT2D eigenvalue weighted by atomic mass is 10.2. The van der Waals surface area contributed by atoms with Crippen molar-refractivity contribution in [1.82, 2.24) is 14.7 Å². The van der Waals surface area contributed by atoms with Gasteiger partial charge < -0.3 is 14.5 Å². The molecule has 0 bridgehead atoms. The van der Waals surface area contributed by atoms with E-state index >= 15 is 0 Å². The van der Waals surface area contributed by atoms with Crippen molar-refractivity contribution in [2.45, 2.75) is 6.67 Å². The molecule has 0 fully saturated rings. The van der Waals surface area contributed by atoms with Crippen LogP contribution in [0.25, 0.3) is 11.5 Å². The highest BCUT2D eigenvalue weighted by Crippen LogP contribution is 2.22. The Hall–Kier alpha value is -2.68. The van der Waals surface area contributed by atoms with Gasteiger partial charge in [0, 0.05) is 5.56 Å². The second-order valence-electron chi connectivity index (χ2n) is 6.08. The topological polar surface area (TPSA) is 72.5 Å². The number of benzene rings is 2. The van der Waals surface area contributed by atoms with Crippen LogP contribution in [-0.2, 0) is 11.5 Å². The number of hydrogen-bond acceptors (Lipinski definition) is 6. The third-order valence-electron chi connectivity index (χ3n) is 3.88. The van der Waals surface area contributed by atoms with Crippen molar-refractivity contribution >= 4 is 35.4 Å². The largest absolute Gasteiger partial charge is 0.497 e. The molecule has 7 nitrogen and oxygen atoms in total. The summed E-state index contributed by atoms with van der Waals surface area (Å²) in [6.45, 7) is 0.437. The summed E-state index contributed by atoms with van der Waals surface area (Å²) >= 11 is 11.3. The summed E-state index contributed by atoms with van der Waals surface area (Å²) in [5.74, 6) is 0.952. The highest BCUT2D eigenvalue weighted by atomic mass is 35.5. The molecule has 1 heterocycles. The second-order valence-corrected chi connectivity index (χ2v) is 6.84. The zero-order valence-corrected chi connectivity index (χ0v) is 17.0. The number of likely N-dealkylation sites (N-methyl/N-ethyl adjacent to an activating group) is 1. The van der Waals surface area contributed by atoms with Crippen LogP contribution < -0.4 is 10.1 Å². The number of carbonyl (C=O) groups is 1. The van der Waals surface area contributed by atoms with Crippen LogP contribution in [-0.4, -0.2) is 41.3 Å². The van der Waals surface area contributed by atoms with Crippen molar-refractivity contribution < 1.29 is 13.9 Å². The van der Waals surface area contributed by atoms with Gasteiger partial charge in [0.15, 0.2) is 0 Å². The monoisotopic (exact) mass is 418 g/mol. The lowest BCUT2D eigenvalue weighted by Crippen LogP contribution is -2.32. The Bertz CT molecular complexity index is 1020. The van der Waals surface area contributed by atoms with Crippen LogP contribution in [0, 0.1) is 4.84 Å². The van der Waals surface area contributed by atoms with E-state index in [0.29, 0.717) is 23.3 Å². The zero-order valence-electron chi connectivity index (χ0n) is 15.4. The summed E-state index contributed by atoms with van der Waals surface area (Å²) < 4.78 is 12.2. The van der Waals surface area contributed by atoms with Gasteiger partial charge in [-0.3, -0.25) is 9.69 Å². The predicted molar refractivity (Wildman–Crippen MR) is 110 cm³/mol. The first kappa shape index (κ1) is 20.1. The number of nitrogens with one attached hydrogen (secondary N) is 1. The minimum atomic E-state index is -0.194. The molecule has 1 aromatic heterocycles. The molecule has 0 unspecified atom stereocenters. The Kier molecular flexibility index (Phi) is 6.45. The average Bonchev–Trinajstić information content (AvgIpc) is 3.04. The van der Waals surface area contributed by atoms with E-state index in [-0.39, 0.29) is 17.3 Å². The fourth-order valence-electron chi connectivity index (χ4n) is 2.52. The number of anilines is 1. The van der Waals surface area contributed by atoms with E-state index in [9.17, 15) is 4.79 Å². The van der Waals surface area contributed by atoms with Crippen molar-refractivity contribution in [2.75, 3.05) is 26.0 Å². The normalized spacial score (nSPS) is 10.9. The number of methoxy groups -OCH3 is 1.